The van der Waals surface area contributed by atoms with Crippen molar-refractivity contribution >= 4 is 11.6 Å². The van der Waals surface area contributed by atoms with Crippen LogP contribution >= 0.6 is 0 Å². The zero-order valence-corrected chi connectivity index (χ0v) is 22.7. The Morgan fingerprint density at radius 1 is 1.31 bits per heavy atom. The summed E-state index contributed by atoms with van der Waals surface area (Å²) in [5, 5.41) is 26.5. The molecule has 0 radical (unpaired) electrons. The number of aliphatic hydroxyl groups is 1. The molecule has 42 heavy (non-hydrogen) atoms. The lowest BCUT2D eigenvalue weighted by molar-refractivity contribution is -0.118. The Morgan fingerprint density at radius 2 is 2.17 bits per heavy atom. The Balaban J connectivity index is 1.06. The third kappa shape index (κ3) is 4.91. The van der Waals surface area contributed by atoms with E-state index in [2.05, 4.69) is 44.1 Å². The highest BCUT2D eigenvalue weighted by molar-refractivity contribution is 5.92. The van der Waals surface area contributed by atoms with E-state index in [-0.39, 0.29) is 29.5 Å². The molecular formula is C27H29FN10O4. The van der Waals surface area contributed by atoms with Crippen LogP contribution in [0.2, 0.25) is 0 Å². The molecule has 1 atom stereocenters. The first-order chi connectivity index (χ1) is 20.5. The maximum Gasteiger partial charge on any atom is 0.270 e. The van der Waals surface area contributed by atoms with Gasteiger partial charge in [-0.3, -0.25) is 15.2 Å². The van der Waals surface area contributed by atoms with Crippen molar-refractivity contribution in [3.05, 3.63) is 77.0 Å². The summed E-state index contributed by atoms with van der Waals surface area (Å²) in [4.78, 5) is 17.8. The van der Waals surface area contributed by atoms with E-state index in [9.17, 15) is 9.90 Å². The van der Waals surface area contributed by atoms with Crippen LogP contribution in [0.1, 0.15) is 47.2 Å². The fourth-order valence-corrected chi connectivity index (χ4v) is 5.22. The summed E-state index contributed by atoms with van der Waals surface area (Å²) >= 11 is 0. The van der Waals surface area contributed by atoms with Crippen LogP contribution < -0.4 is 21.0 Å². The Kier molecular flexibility index (Phi) is 6.68. The van der Waals surface area contributed by atoms with Crippen molar-refractivity contribution in [2.45, 2.75) is 38.0 Å². The van der Waals surface area contributed by atoms with Crippen LogP contribution in [0.5, 0.6) is 5.75 Å². The van der Waals surface area contributed by atoms with Gasteiger partial charge in [0.1, 0.15) is 17.7 Å². The maximum absolute atomic E-state index is 15.1. The number of benzene rings is 1. The molecule has 5 heterocycles. The monoisotopic (exact) mass is 576 g/mol. The lowest BCUT2D eigenvalue weighted by atomic mass is 9.93. The molecule has 0 bridgehead atoms. The van der Waals surface area contributed by atoms with Crippen LogP contribution in [-0.4, -0.2) is 65.9 Å². The molecule has 4 aromatic rings. The molecule has 1 aromatic carbocycles. The van der Waals surface area contributed by atoms with Gasteiger partial charge in [0.2, 0.25) is 0 Å². The van der Waals surface area contributed by atoms with E-state index in [1.54, 1.807) is 17.3 Å². The molecule has 1 aliphatic carbocycles. The summed E-state index contributed by atoms with van der Waals surface area (Å²) in [5.41, 5.74) is 10.0. The van der Waals surface area contributed by atoms with E-state index < -0.39 is 17.8 Å². The Hall–Kier alpha value is -4.60. The molecule has 1 saturated heterocycles. The summed E-state index contributed by atoms with van der Waals surface area (Å²) in [6, 6.07) is 5.17. The molecule has 7 rings (SSSR count). The number of aliphatic hydroxyl groups excluding tert-OH is 1. The molecule has 0 spiro atoms. The molecule has 1 amide bonds. The fraction of sp³-hybridized carbons (Fsp3) is 0.370. The summed E-state index contributed by atoms with van der Waals surface area (Å²) < 4.78 is 28.8. The molecule has 218 valence electrons. The van der Waals surface area contributed by atoms with Crippen LogP contribution in [0.3, 0.4) is 0 Å². The molecule has 2 fully saturated rings. The lowest BCUT2D eigenvalue weighted by Crippen LogP contribution is -2.38. The zero-order valence-electron chi connectivity index (χ0n) is 22.7. The van der Waals surface area contributed by atoms with Gasteiger partial charge in [-0.25, -0.2) is 14.1 Å². The number of amides is 1. The van der Waals surface area contributed by atoms with Gasteiger partial charge in [0, 0.05) is 42.2 Å². The SMILES string of the molecule is COc1ccc(-n2cnnn2)c(CNC(=O)C2=CN(Cc3cn4cc(C5CC5)cc(C(O)C5COC5)c4n3)NN2)c1F. The lowest BCUT2D eigenvalue weighted by Gasteiger charge is -2.31. The molecular weight excluding hydrogens is 547 g/mol. The zero-order chi connectivity index (χ0) is 28.8. The minimum atomic E-state index is -0.646. The number of hydrazine groups is 2. The van der Waals surface area contributed by atoms with Crippen LogP contribution in [0, 0.1) is 11.7 Å². The Morgan fingerprint density at radius 3 is 2.88 bits per heavy atom. The molecule has 3 aliphatic rings. The second-order valence-corrected chi connectivity index (χ2v) is 10.6. The number of imidazole rings is 1. The molecule has 2 aliphatic heterocycles. The molecule has 15 heteroatoms. The van der Waals surface area contributed by atoms with Crippen molar-refractivity contribution in [2.24, 2.45) is 5.92 Å². The fourth-order valence-electron chi connectivity index (χ4n) is 5.22. The predicted molar refractivity (Wildman–Crippen MR) is 144 cm³/mol. The predicted octanol–water partition coefficient (Wildman–Crippen LogP) is 0.997. The van der Waals surface area contributed by atoms with Gasteiger partial charge in [0.15, 0.2) is 11.6 Å². The Bertz CT molecular complexity index is 1670. The van der Waals surface area contributed by atoms with Crippen LogP contribution in [0.4, 0.5) is 4.39 Å². The average Bonchev–Trinajstić information content (AvgIpc) is 3.31. The number of hydrogen-bond donors (Lipinski definition) is 4. The number of tetrazole rings is 1. The number of hydrogen-bond acceptors (Lipinski definition) is 11. The smallest absolute Gasteiger partial charge is 0.270 e. The van der Waals surface area contributed by atoms with Crippen molar-refractivity contribution in [3.63, 3.8) is 0 Å². The number of carbonyl (C=O) groups excluding carboxylic acids is 1. The highest BCUT2D eigenvalue weighted by Crippen LogP contribution is 2.42. The van der Waals surface area contributed by atoms with Crippen molar-refractivity contribution < 1.29 is 23.8 Å². The van der Waals surface area contributed by atoms with Crippen LogP contribution in [0.15, 0.2) is 48.8 Å². The second-order valence-electron chi connectivity index (χ2n) is 10.6. The van der Waals surface area contributed by atoms with E-state index in [4.69, 9.17) is 14.5 Å². The number of ether oxygens (including phenoxy) is 2. The van der Waals surface area contributed by atoms with Gasteiger partial charge in [-0.05, 0) is 52.9 Å². The van der Waals surface area contributed by atoms with Gasteiger partial charge in [0.05, 0.1) is 44.4 Å². The summed E-state index contributed by atoms with van der Waals surface area (Å²) in [7, 11) is 1.37. The number of aromatic nitrogens is 6. The maximum atomic E-state index is 15.1. The van der Waals surface area contributed by atoms with Crippen molar-refractivity contribution in [3.8, 4) is 11.4 Å². The number of nitrogens with one attached hydrogen (secondary N) is 3. The topological polar surface area (TPSA) is 156 Å². The second kappa shape index (κ2) is 10.7. The van der Waals surface area contributed by atoms with Gasteiger partial charge in [-0.2, -0.15) is 0 Å². The first-order valence-corrected chi connectivity index (χ1v) is 13.6. The highest BCUT2D eigenvalue weighted by Gasteiger charge is 2.32. The Labute approximate surface area is 239 Å². The number of fused-ring (bicyclic) bond motifs is 1. The van der Waals surface area contributed by atoms with Gasteiger partial charge in [-0.1, -0.05) is 0 Å². The van der Waals surface area contributed by atoms with Crippen molar-refractivity contribution in [2.75, 3.05) is 20.3 Å². The normalized spacial score (nSPS) is 17.6. The minimum Gasteiger partial charge on any atom is -0.494 e. The first-order valence-electron chi connectivity index (χ1n) is 13.6. The molecule has 14 nitrogen and oxygen atoms in total. The van der Waals surface area contributed by atoms with E-state index in [1.165, 1.54) is 29.7 Å². The standard InChI is InChI=1S/C27H29FN10O4/c1-41-23-5-4-22(38-14-30-33-35-38)20(24(23)28)7-29-27(40)21-11-37(34-32-21)10-18-9-36-8-16(15-2-3-15)6-19(26(36)31-18)25(39)17-12-42-13-17/h4-6,8-9,11,14-15,17,25,32,34,39H,2-3,7,10,12-13H2,1H3,(H,29,40). The molecule has 4 N–H and O–H groups in total. The van der Waals surface area contributed by atoms with Crippen molar-refractivity contribution in [1.29, 1.82) is 0 Å². The number of pyridine rings is 1. The van der Waals surface area contributed by atoms with Crippen molar-refractivity contribution in [1.82, 2.24) is 50.9 Å². The summed E-state index contributed by atoms with van der Waals surface area (Å²) in [5.74, 6) is -0.453. The summed E-state index contributed by atoms with van der Waals surface area (Å²) in [6.07, 6.45) is 8.63. The molecule has 1 saturated carbocycles. The number of carbonyl (C=O) groups is 1. The van der Waals surface area contributed by atoms with Gasteiger partial charge in [-0.15, -0.1) is 10.6 Å². The molecule has 1 unspecified atom stereocenters. The van der Waals surface area contributed by atoms with Gasteiger partial charge in [0.25, 0.3) is 5.91 Å². The number of nitrogens with zero attached hydrogens (tertiary/aromatic N) is 7. The quantitative estimate of drug-likeness (QED) is 0.214. The third-order valence-electron chi connectivity index (χ3n) is 7.75. The first kappa shape index (κ1) is 26.3. The minimum absolute atomic E-state index is 0.0375. The highest BCUT2D eigenvalue weighted by atomic mass is 19.1. The molecule has 3 aromatic heterocycles. The van der Waals surface area contributed by atoms with Crippen LogP contribution in [-0.2, 0) is 22.6 Å². The third-order valence-corrected chi connectivity index (χ3v) is 7.75. The van der Waals surface area contributed by atoms with E-state index in [1.807, 2.05) is 10.6 Å². The summed E-state index contributed by atoms with van der Waals surface area (Å²) in [6.45, 7) is 1.29. The van der Waals surface area contributed by atoms with Gasteiger partial charge >= 0.3 is 0 Å². The van der Waals surface area contributed by atoms with E-state index >= 15 is 4.39 Å². The van der Waals surface area contributed by atoms with Gasteiger partial charge < -0.3 is 24.3 Å². The number of methoxy groups -OCH3 is 1. The largest absolute Gasteiger partial charge is 0.494 e. The van der Waals surface area contributed by atoms with E-state index in [0.717, 1.165) is 24.1 Å². The number of halogens is 1. The van der Waals surface area contributed by atoms with Crippen LogP contribution in [0.25, 0.3) is 11.3 Å². The van der Waals surface area contributed by atoms with E-state index in [0.29, 0.717) is 37.0 Å². The average molecular weight is 577 g/mol. The number of rotatable bonds is 10.